The number of furan rings is 1. The van der Waals surface area contributed by atoms with Gasteiger partial charge in [0, 0.05) is 71.9 Å². The lowest BCUT2D eigenvalue weighted by Gasteiger charge is -2.21. The molecule has 0 N–H and O–H groups in total. The molecule has 0 saturated carbocycles. The third kappa shape index (κ3) is 6.07. The molecule has 338 valence electrons. The SMILES string of the molecule is CC1(C)c2ccccc2-c2cc3c4cc(-c5ccc6oc7cc8c(cc7c6c5)c5ccccc5n8-c5ccccc5)ccc4n(-c4ccc(-c5cc(-c6ccccc6)nc(-c6ccccc6)n5)cc4)c3cc21. The van der Waals surface area contributed by atoms with Crippen LogP contribution >= 0.6 is 0 Å². The molecule has 0 radical (unpaired) electrons. The topological polar surface area (TPSA) is 48.8 Å². The van der Waals surface area contributed by atoms with Gasteiger partial charge >= 0.3 is 0 Å². The van der Waals surface area contributed by atoms with E-state index >= 15 is 0 Å². The van der Waals surface area contributed by atoms with Gasteiger partial charge in [-0.15, -0.1) is 0 Å². The maximum atomic E-state index is 6.67. The molecular formula is C67H44N4O. The smallest absolute Gasteiger partial charge is 0.160 e. The van der Waals surface area contributed by atoms with Gasteiger partial charge in [-0.1, -0.05) is 159 Å². The first-order valence-electron chi connectivity index (χ1n) is 24.7. The quantitative estimate of drug-likeness (QED) is 0.167. The second-order valence-corrected chi connectivity index (χ2v) is 19.8. The number of hydrogen-bond donors (Lipinski definition) is 0. The van der Waals surface area contributed by atoms with Gasteiger partial charge in [0.05, 0.1) is 33.5 Å². The summed E-state index contributed by atoms with van der Waals surface area (Å²) in [5, 5.41) is 7.09. The van der Waals surface area contributed by atoms with E-state index in [-0.39, 0.29) is 5.41 Å². The van der Waals surface area contributed by atoms with Gasteiger partial charge in [0.25, 0.3) is 0 Å². The Morgan fingerprint density at radius 2 is 0.875 bits per heavy atom. The Bertz CT molecular complexity index is 4450. The van der Waals surface area contributed by atoms with Gasteiger partial charge in [0.1, 0.15) is 11.2 Å². The van der Waals surface area contributed by atoms with Crippen molar-refractivity contribution in [3.8, 4) is 67.5 Å². The Hall–Kier alpha value is -9.32. The van der Waals surface area contributed by atoms with Crippen molar-refractivity contribution in [3.63, 3.8) is 0 Å². The van der Waals surface area contributed by atoms with E-state index in [1.54, 1.807) is 0 Å². The van der Waals surface area contributed by atoms with Gasteiger partial charge in [-0.05, 0) is 112 Å². The summed E-state index contributed by atoms with van der Waals surface area (Å²) in [6.45, 7) is 4.72. The number of para-hydroxylation sites is 2. The van der Waals surface area contributed by atoms with Crippen molar-refractivity contribution in [1.82, 2.24) is 19.1 Å². The number of nitrogens with zero attached hydrogens (tertiary/aromatic N) is 4. The van der Waals surface area contributed by atoms with Crippen LogP contribution in [0.2, 0.25) is 0 Å². The minimum absolute atomic E-state index is 0.152. The molecule has 0 atom stereocenters. The summed E-state index contributed by atoms with van der Waals surface area (Å²) in [6, 6.07) is 83.0. The van der Waals surface area contributed by atoms with E-state index in [1.807, 2.05) is 24.3 Å². The van der Waals surface area contributed by atoms with Crippen LogP contribution in [0.15, 0.2) is 235 Å². The fourth-order valence-corrected chi connectivity index (χ4v) is 11.8. The molecule has 1 aliphatic carbocycles. The van der Waals surface area contributed by atoms with E-state index in [9.17, 15) is 0 Å². The summed E-state index contributed by atoms with van der Waals surface area (Å²) in [6.07, 6.45) is 0. The van der Waals surface area contributed by atoms with Crippen LogP contribution in [0, 0.1) is 0 Å². The highest BCUT2D eigenvalue weighted by molar-refractivity contribution is 6.18. The summed E-state index contributed by atoms with van der Waals surface area (Å²) in [5.74, 6) is 0.705. The summed E-state index contributed by atoms with van der Waals surface area (Å²) >= 11 is 0. The van der Waals surface area contributed by atoms with Crippen molar-refractivity contribution in [2.45, 2.75) is 19.3 Å². The zero-order valence-corrected chi connectivity index (χ0v) is 39.6. The van der Waals surface area contributed by atoms with Crippen LogP contribution in [0.4, 0.5) is 0 Å². The lowest BCUT2D eigenvalue weighted by molar-refractivity contribution is 0.661. The van der Waals surface area contributed by atoms with Crippen LogP contribution in [0.5, 0.6) is 0 Å². The third-order valence-corrected chi connectivity index (χ3v) is 15.3. The van der Waals surface area contributed by atoms with Gasteiger partial charge in [-0.3, -0.25) is 0 Å². The second kappa shape index (κ2) is 15.3. The first-order valence-corrected chi connectivity index (χ1v) is 24.7. The van der Waals surface area contributed by atoms with Crippen LogP contribution in [0.25, 0.3) is 133 Å². The number of hydrogen-bond acceptors (Lipinski definition) is 3. The van der Waals surface area contributed by atoms with Crippen LogP contribution in [-0.2, 0) is 5.41 Å². The minimum atomic E-state index is -0.152. The fraction of sp³-hybridized carbons (Fsp3) is 0.0448. The molecule has 14 aromatic rings. The van der Waals surface area contributed by atoms with E-state index in [4.69, 9.17) is 14.4 Å². The summed E-state index contributed by atoms with van der Waals surface area (Å²) in [5.41, 5.74) is 20.9. The first-order chi connectivity index (χ1) is 35.4. The van der Waals surface area contributed by atoms with E-state index < -0.39 is 0 Å². The maximum Gasteiger partial charge on any atom is 0.160 e. The average molecular weight is 921 g/mol. The van der Waals surface area contributed by atoms with Crippen LogP contribution in [-0.4, -0.2) is 19.1 Å². The highest BCUT2D eigenvalue weighted by atomic mass is 16.3. The number of aromatic nitrogens is 4. The van der Waals surface area contributed by atoms with Crippen molar-refractivity contribution < 1.29 is 4.42 Å². The molecule has 5 nitrogen and oxygen atoms in total. The molecule has 0 spiro atoms. The molecule has 72 heavy (non-hydrogen) atoms. The first kappa shape index (κ1) is 40.6. The van der Waals surface area contributed by atoms with Crippen LogP contribution in [0.3, 0.4) is 0 Å². The van der Waals surface area contributed by atoms with E-state index in [2.05, 4.69) is 229 Å². The molecule has 15 rings (SSSR count). The molecule has 0 amide bonds. The summed E-state index contributed by atoms with van der Waals surface area (Å²) < 4.78 is 11.5. The average Bonchev–Trinajstić information content (AvgIpc) is 4.14. The highest BCUT2D eigenvalue weighted by Gasteiger charge is 2.36. The Labute approximate surface area is 415 Å². The molecule has 10 aromatic carbocycles. The monoisotopic (exact) mass is 920 g/mol. The number of fused-ring (bicyclic) bond motifs is 12. The van der Waals surface area contributed by atoms with Crippen molar-refractivity contribution >= 4 is 65.6 Å². The van der Waals surface area contributed by atoms with Gasteiger partial charge in [0.15, 0.2) is 5.82 Å². The Balaban J connectivity index is 0.892. The Morgan fingerprint density at radius 1 is 0.333 bits per heavy atom. The van der Waals surface area contributed by atoms with Gasteiger partial charge < -0.3 is 13.6 Å². The zero-order chi connectivity index (χ0) is 47.7. The Morgan fingerprint density at radius 3 is 1.64 bits per heavy atom. The maximum absolute atomic E-state index is 6.67. The van der Waals surface area contributed by atoms with Gasteiger partial charge in [-0.2, -0.15) is 0 Å². The highest BCUT2D eigenvalue weighted by Crippen LogP contribution is 2.51. The third-order valence-electron chi connectivity index (χ3n) is 15.3. The predicted molar refractivity (Wildman–Crippen MR) is 297 cm³/mol. The van der Waals surface area contributed by atoms with Gasteiger partial charge in [0.2, 0.25) is 0 Å². The largest absolute Gasteiger partial charge is 0.456 e. The second-order valence-electron chi connectivity index (χ2n) is 19.8. The molecule has 5 heteroatoms. The zero-order valence-electron chi connectivity index (χ0n) is 39.6. The molecule has 0 bridgehead atoms. The molecule has 0 unspecified atom stereocenters. The van der Waals surface area contributed by atoms with Crippen molar-refractivity contribution in [1.29, 1.82) is 0 Å². The molecular weight excluding hydrogens is 877 g/mol. The lowest BCUT2D eigenvalue weighted by atomic mass is 9.82. The van der Waals surface area contributed by atoms with Crippen LogP contribution < -0.4 is 0 Å². The predicted octanol–water partition coefficient (Wildman–Crippen LogP) is 17.5. The standard InChI is InChI=1S/C67H44N4O/c1-67(2)56-24-14-12-22-48(56)50-36-53-51-34-44(45-29-33-64-54(35-45)55-37-52-49-23-13-15-25-60(49)70(46-20-10-5-11-21-46)63(52)40-65(55)72-64)28-32-61(51)71(62(53)38-57(50)67)47-30-26-42(27-31-47)59-39-58(41-16-6-3-7-17-41)68-66(69-59)43-18-8-4-9-19-43/h3-40H,1-2H3. The summed E-state index contributed by atoms with van der Waals surface area (Å²) in [7, 11) is 0. The summed E-state index contributed by atoms with van der Waals surface area (Å²) in [4.78, 5) is 10.2. The molecule has 0 fully saturated rings. The minimum Gasteiger partial charge on any atom is -0.456 e. The van der Waals surface area contributed by atoms with Gasteiger partial charge in [-0.25, -0.2) is 9.97 Å². The molecule has 4 heterocycles. The number of benzene rings is 10. The molecule has 0 aliphatic heterocycles. The Kier molecular flexibility index (Phi) is 8.64. The molecule has 1 aliphatic rings. The normalized spacial score (nSPS) is 13.0. The van der Waals surface area contributed by atoms with Crippen molar-refractivity contribution in [2.24, 2.45) is 0 Å². The van der Waals surface area contributed by atoms with Crippen molar-refractivity contribution in [3.05, 3.63) is 242 Å². The van der Waals surface area contributed by atoms with Crippen molar-refractivity contribution in [2.75, 3.05) is 0 Å². The van der Waals surface area contributed by atoms with E-state index in [1.165, 1.54) is 54.8 Å². The van der Waals surface area contributed by atoms with E-state index in [0.29, 0.717) is 5.82 Å². The number of rotatable bonds is 6. The van der Waals surface area contributed by atoms with Crippen LogP contribution in [0.1, 0.15) is 25.0 Å². The molecule has 0 saturated heterocycles. The fourth-order valence-electron chi connectivity index (χ4n) is 11.8. The molecule has 4 aromatic heterocycles. The lowest BCUT2D eigenvalue weighted by Crippen LogP contribution is -2.14. The van der Waals surface area contributed by atoms with E-state index in [0.717, 1.165) is 83.6 Å².